The fourth-order valence-electron chi connectivity index (χ4n) is 2.85. The summed E-state index contributed by atoms with van der Waals surface area (Å²) in [5.41, 5.74) is 3.89. The molecule has 3 rings (SSSR count). The predicted molar refractivity (Wildman–Crippen MR) is 80.9 cm³/mol. The summed E-state index contributed by atoms with van der Waals surface area (Å²) in [5.74, 6) is 1.12. The first-order chi connectivity index (χ1) is 8.97. The van der Waals surface area contributed by atoms with Crippen molar-refractivity contribution in [3.8, 4) is 0 Å². The van der Waals surface area contributed by atoms with Crippen LogP contribution in [0.25, 0.3) is 11.0 Å². The number of imidazole rings is 1. The van der Waals surface area contributed by atoms with Gasteiger partial charge in [0, 0.05) is 20.1 Å². The van der Waals surface area contributed by atoms with E-state index in [0.29, 0.717) is 0 Å². The summed E-state index contributed by atoms with van der Waals surface area (Å²) in [6, 6.07) is 6.69. The molecule has 1 saturated heterocycles. The highest BCUT2D eigenvalue weighted by Crippen LogP contribution is 2.29. The van der Waals surface area contributed by atoms with Crippen LogP contribution in [0.15, 0.2) is 18.2 Å². The summed E-state index contributed by atoms with van der Waals surface area (Å²) in [4.78, 5) is 7.26. The Morgan fingerprint density at radius 2 is 1.79 bits per heavy atom. The van der Waals surface area contributed by atoms with Gasteiger partial charge < -0.3 is 9.47 Å². The molecule has 2 aromatic rings. The number of aromatic nitrogens is 2. The van der Waals surface area contributed by atoms with E-state index >= 15 is 0 Å². The van der Waals surface area contributed by atoms with Crippen LogP contribution in [-0.4, -0.2) is 22.6 Å². The van der Waals surface area contributed by atoms with Crippen LogP contribution < -0.4 is 4.90 Å². The van der Waals surface area contributed by atoms with Gasteiger partial charge in [0.1, 0.15) is 0 Å². The van der Waals surface area contributed by atoms with Gasteiger partial charge in [-0.05, 0) is 36.0 Å². The number of hydrogen-bond donors (Lipinski definition) is 0. The predicted octanol–water partition coefficient (Wildman–Crippen LogP) is 3.47. The van der Waals surface area contributed by atoms with Crippen molar-refractivity contribution in [3.63, 3.8) is 0 Å². The first-order valence-electron chi connectivity index (χ1n) is 7.19. The summed E-state index contributed by atoms with van der Waals surface area (Å²) in [6.45, 7) is 9.03. The Morgan fingerprint density at radius 3 is 2.42 bits per heavy atom. The Labute approximate surface area is 115 Å². The van der Waals surface area contributed by atoms with Crippen LogP contribution in [0.3, 0.4) is 0 Å². The monoisotopic (exact) mass is 257 g/mol. The van der Waals surface area contributed by atoms with E-state index in [0.717, 1.165) is 24.6 Å². The fraction of sp³-hybridized carbons (Fsp3) is 0.562. The minimum Gasteiger partial charge on any atom is -0.342 e. The normalized spacial score (nSPS) is 16.5. The topological polar surface area (TPSA) is 21.1 Å². The minimum absolute atomic E-state index is 0.180. The van der Waals surface area contributed by atoms with Crippen LogP contribution in [0.4, 0.5) is 5.95 Å². The Morgan fingerprint density at radius 1 is 1.11 bits per heavy atom. The molecule has 1 aromatic carbocycles. The summed E-state index contributed by atoms with van der Waals surface area (Å²) in [6.07, 6.45) is 2.58. The van der Waals surface area contributed by atoms with E-state index in [9.17, 15) is 0 Å². The van der Waals surface area contributed by atoms with E-state index in [2.05, 4.69) is 55.5 Å². The van der Waals surface area contributed by atoms with Gasteiger partial charge in [-0.2, -0.15) is 0 Å². The van der Waals surface area contributed by atoms with Gasteiger partial charge >= 0.3 is 0 Å². The largest absolute Gasteiger partial charge is 0.342 e. The highest BCUT2D eigenvalue weighted by molar-refractivity contribution is 5.80. The molecular weight excluding hydrogens is 234 g/mol. The molecule has 19 heavy (non-hydrogen) atoms. The van der Waals surface area contributed by atoms with Gasteiger partial charge in [-0.25, -0.2) is 4.98 Å². The highest BCUT2D eigenvalue weighted by atomic mass is 15.3. The number of nitrogens with zero attached hydrogens (tertiary/aromatic N) is 3. The zero-order chi connectivity index (χ0) is 13.6. The number of rotatable bonds is 1. The van der Waals surface area contributed by atoms with Crippen LogP contribution in [0.5, 0.6) is 0 Å². The zero-order valence-electron chi connectivity index (χ0n) is 12.4. The third kappa shape index (κ3) is 2.11. The van der Waals surface area contributed by atoms with Crippen LogP contribution >= 0.6 is 0 Å². The standard InChI is InChI=1S/C16H23N3/c1-16(2,3)12-7-8-14-13(11-12)17-15(18(14)4)19-9-5-6-10-19/h7-8,11H,5-6,9-10H2,1-4H3. The molecule has 1 aromatic heterocycles. The van der Waals surface area contributed by atoms with Crippen LogP contribution in [-0.2, 0) is 12.5 Å². The molecule has 1 aliphatic rings. The highest BCUT2D eigenvalue weighted by Gasteiger charge is 2.20. The fourth-order valence-corrected chi connectivity index (χ4v) is 2.85. The second-order valence-corrected chi connectivity index (χ2v) is 6.62. The molecule has 0 spiro atoms. The van der Waals surface area contributed by atoms with Crippen molar-refractivity contribution >= 4 is 17.0 Å². The molecule has 2 heterocycles. The van der Waals surface area contributed by atoms with Gasteiger partial charge in [0.2, 0.25) is 5.95 Å². The summed E-state index contributed by atoms with van der Waals surface area (Å²) in [5, 5.41) is 0. The van der Waals surface area contributed by atoms with Crippen LogP contribution in [0, 0.1) is 0 Å². The molecule has 1 fully saturated rings. The van der Waals surface area contributed by atoms with Crippen molar-refractivity contribution in [2.24, 2.45) is 7.05 Å². The molecular formula is C16H23N3. The second-order valence-electron chi connectivity index (χ2n) is 6.62. The third-order valence-electron chi connectivity index (χ3n) is 4.11. The lowest BCUT2D eigenvalue weighted by Crippen LogP contribution is -2.21. The molecule has 3 heteroatoms. The summed E-state index contributed by atoms with van der Waals surface area (Å²) < 4.78 is 2.23. The number of hydrogen-bond acceptors (Lipinski definition) is 2. The minimum atomic E-state index is 0.180. The summed E-state index contributed by atoms with van der Waals surface area (Å²) >= 11 is 0. The quantitative estimate of drug-likeness (QED) is 0.780. The van der Waals surface area contributed by atoms with E-state index in [1.54, 1.807) is 0 Å². The average molecular weight is 257 g/mol. The number of anilines is 1. The van der Waals surface area contributed by atoms with Crippen LogP contribution in [0.2, 0.25) is 0 Å². The number of fused-ring (bicyclic) bond motifs is 1. The third-order valence-corrected chi connectivity index (χ3v) is 4.11. The Bertz CT molecular complexity index is 598. The number of benzene rings is 1. The molecule has 0 bridgehead atoms. The van der Waals surface area contributed by atoms with Crippen molar-refractivity contribution in [3.05, 3.63) is 23.8 Å². The maximum absolute atomic E-state index is 4.86. The lowest BCUT2D eigenvalue weighted by Gasteiger charge is -2.18. The molecule has 0 atom stereocenters. The van der Waals surface area contributed by atoms with Crippen molar-refractivity contribution in [2.75, 3.05) is 18.0 Å². The first kappa shape index (κ1) is 12.5. The zero-order valence-corrected chi connectivity index (χ0v) is 12.4. The molecule has 102 valence electrons. The van der Waals surface area contributed by atoms with Gasteiger partial charge in [0.15, 0.2) is 0 Å². The lowest BCUT2D eigenvalue weighted by atomic mass is 9.87. The van der Waals surface area contributed by atoms with Gasteiger partial charge in [-0.15, -0.1) is 0 Å². The van der Waals surface area contributed by atoms with Crippen molar-refractivity contribution < 1.29 is 0 Å². The Hall–Kier alpha value is -1.51. The molecule has 0 radical (unpaired) electrons. The Balaban J connectivity index is 2.09. The van der Waals surface area contributed by atoms with E-state index in [4.69, 9.17) is 4.98 Å². The molecule has 1 aliphatic heterocycles. The van der Waals surface area contributed by atoms with Crippen molar-refractivity contribution in [1.29, 1.82) is 0 Å². The van der Waals surface area contributed by atoms with Gasteiger partial charge in [-0.1, -0.05) is 26.8 Å². The van der Waals surface area contributed by atoms with E-state index in [-0.39, 0.29) is 5.41 Å². The van der Waals surface area contributed by atoms with Gasteiger partial charge in [0.25, 0.3) is 0 Å². The molecule has 0 N–H and O–H groups in total. The van der Waals surface area contributed by atoms with Crippen LogP contribution in [0.1, 0.15) is 39.2 Å². The smallest absolute Gasteiger partial charge is 0.206 e. The molecule has 3 nitrogen and oxygen atoms in total. The molecule has 0 amide bonds. The van der Waals surface area contributed by atoms with Gasteiger partial charge in [0.05, 0.1) is 11.0 Å². The first-order valence-corrected chi connectivity index (χ1v) is 7.19. The Kier molecular flexibility index (Phi) is 2.80. The second kappa shape index (κ2) is 4.26. The van der Waals surface area contributed by atoms with E-state index in [1.807, 2.05) is 0 Å². The maximum atomic E-state index is 4.86. The SMILES string of the molecule is Cn1c(N2CCCC2)nc2cc(C(C)(C)C)ccc21. The maximum Gasteiger partial charge on any atom is 0.206 e. The summed E-state index contributed by atoms with van der Waals surface area (Å²) in [7, 11) is 2.12. The van der Waals surface area contributed by atoms with Crippen molar-refractivity contribution in [1.82, 2.24) is 9.55 Å². The molecule has 0 unspecified atom stereocenters. The lowest BCUT2D eigenvalue weighted by molar-refractivity contribution is 0.591. The van der Waals surface area contributed by atoms with E-state index < -0.39 is 0 Å². The average Bonchev–Trinajstić information content (AvgIpc) is 2.96. The molecule has 0 saturated carbocycles. The van der Waals surface area contributed by atoms with Gasteiger partial charge in [-0.3, -0.25) is 0 Å². The molecule has 0 aliphatic carbocycles. The van der Waals surface area contributed by atoms with E-state index in [1.165, 1.54) is 23.9 Å². The number of aryl methyl sites for hydroxylation is 1. The van der Waals surface area contributed by atoms with Crippen molar-refractivity contribution in [2.45, 2.75) is 39.0 Å².